The summed E-state index contributed by atoms with van der Waals surface area (Å²) in [6, 6.07) is 17.5. The van der Waals surface area contributed by atoms with E-state index in [1.807, 2.05) is 61.5 Å². The van der Waals surface area contributed by atoms with Crippen LogP contribution < -0.4 is 0 Å². The zero-order chi connectivity index (χ0) is 14.6. The highest BCUT2D eigenvalue weighted by Crippen LogP contribution is 2.30. The highest BCUT2D eigenvalue weighted by molar-refractivity contribution is 7.99. The lowest BCUT2D eigenvalue weighted by atomic mass is 9.99. The van der Waals surface area contributed by atoms with Gasteiger partial charge in [-0.25, -0.2) is 0 Å². The Hall–Kier alpha value is -1.29. The van der Waals surface area contributed by atoms with Gasteiger partial charge in [0.15, 0.2) is 0 Å². The summed E-state index contributed by atoms with van der Waals surface area (Å²) in [5, 5.41) is 20.2. The zero-order valence-electron chi connectivity index (χ0n) is 11.8. The molecule has 0 saturated carbocycles. The maximum absolute atomic E-state index is 10.6. The van der Waals surface area contributed by atoms with Crippen molar-refractivity contribution in [2.24, 2.45) is 0 Å². The Morgan fingerprint density at radius 3 is 2.45 bits per heavy atom. The summed E-state index contributed by atoms with van der Waals surface area (Å²) in [5.74, 6) is 0.570. The molecule has 0 aliphatic heterocycles. The Bertz CT molecular complexity index is 550. The lowest BCUT2D eigenvalue weighted by Crippen LogP contribution is -2.24. The molecule has 0 aliphatic carbocycles. The van der Waals surface area contributed by atoms with Gasteiger partial charge in [0, 0.05) is 10.6 Å². The third-order valence-electron chi connectivity index (χ3n) is 3.26. The summed E-state index contributed by atoms with van der Waals surface area (Å²) >= 11 is 1.59. The first kappa shape index (κ1) is 15.1. The van der Waals surface area contributed by atoms with Crippen molar-refractivity contribution in [3.8, 4) is 0 Å². The Labute approximate surface area is 124 Å². The molecule has 20 heavy (non-hydrogen) atoms. The maximum atomic E-state index is 10.6. The molecule has 2 unspecified atom stereocenters. The number of aliphatic hydroxyl groups excluding tert-OH is 1. The van der Waals surface area contributed by atoms with Gasteiger partial charge in [-0.2, -0.15) is 0 Å². The summed E-state index contributed by atoms with van der Waals surface area (Å²) < 4.78 is 0. The predicted molar refractivity (Wildman–Crippen MR) is 83.8 cm³/mol. The van der Waals surface area contributed by atoms with Crippen molar-refractivity contribution in [1.82, 2.24) is 0 Å². The molecule has 2 nitrogen and oxygen atoms in total. The molecule has 2 N–H and O–H groups in total. The molecular formula is C17H20O2S. The molecule has 0 aliphatic rings. The molecular weight excluding hydrogens is 268 g/mol. The van der Waals surface area contributed by atoms with E-state index >= 15 is 0 Å². The van der Waals surface area contributed by atoms with Crippen LogP contribution in [0.2, 0.25) is 0 Å². The molecule has 2 rings (SSSR count). The van der Waals surface area contributed by atoms with E-state index in [-0.39, 0.29) is 0 Å². The van der Waals surface area contributed by atoms with Crippen molar-refractivity contribution >= 4 is 11.8 Å². The summed E-state index contributed by atoms with van der Waals surface area (Å²) in [6.45, 7) is 3.58. The minimum atomic E-state index is -0.868. The van der Waals surface area contributed by atoms with Gasteiger partial charge in [0.25, 0.3) is 0 Å². The molecule has 0 bridgehead atoms. The highest BCUT2D eigenvalue weighted by atomic mass is 32.2. The van der Waals surface area contributed by atoms with Gasteiger partial charge in [-0.05, 0) is 37.1 Å². The van der Waals surface area contributed by atoms with E-state index in [0.29, 0.717) is 5.75 Å². The van der Waals surface area contributed by atoms with Gasteiger partial charge in [-0.3, -0.25) is 0 Å². The van der Waals surface area contributed by atoms with Crippen LogP contribution in [0.25, 0.3) is 0 Å². The Kier molecular flexibility index (Phi) is 4.86. The minimum Gasteiger partial charge on any atom is -0.389 e. The van der Waals surface area contributed by atoms with Crippen LogP contribution in [-0.2, 0) is 5.60 Å². The fourth-order valence-corrected chi connectivity index (χ4v) is 2.98. The molecule has 0 radical (unpaired) electrons. The normalized spacial score (nSPS) is 15.6. The smallest absolute Gasteiger partial charge is 0.0962 e. The molecule has 0 spiro atoms. The average molecular weight is 288 g/mol. The van der Waals surface area contributed by atoms with Crippen molar-refractivity contribution in [3.05, 3.63) is 65.7 Å². The fraction of sp³-hybridized carbons (Fsp3) is 0.294. The van der Waals surface area contributed by atoms with Crippen LogP contribution in [0.1, 0.15) is 31.1 Å². The van der Waals surface area contributed by atoms with E-state index in [4.69, 9.17) is 0 Å². The van der Waals surface area contributed by atoms with E-state index in [1.54, 1.807) is 18.7 Å². The van der Waals surface area contributed by atoms with Gasteiger partial charge in [0.05, 0.1) is 11.7 Å². The highest BCUT2D eigenvalue weighted by Gasteiger charge is 2.22. The molecule has 2 aromatic carbocycles. The van der Waals surface area contributed by atoms with E-state index in [1.165, 1.54) is 0 Å². The number of aliphatic hydroxyl groups is 2. The van der Waals surface area contributed by atoms with Crippen LogP contribution in [0.5, 0.6) is 0 Å². The van der Waals surface area contributed by atoms with Crippen molar-refractivity contribution in [2.75, 3.05) is 5.75 Å². The largest absolute Gasteiger partial charge is 0.389 e. The van der Waals surface area contributed by atoms with Crippen LogP contribution >= 0.6 is 11.8 Å². The molecule has 0 heterocycles. The standard InChI is InChI=1S/C17H20O2S/c1-13(18)14-7-6-10-16(11-14)20-12-17(2,19)15-8-4-3-5-9-15/h3-11,13,18-19H,12H2,1-2H3. The molecule has 0 aromatic heterocycles. The summed E-state index contributed by atoms with van der Waals surface area (Å²) in [4.78, 5) is 1.06. The SMILES string of the molecule is CC(O)c1cccc(SCC(C)(O)c2ccccc2)c1. The van der Waals surface area contributed by atoms with Gasteiger partial charge in [-0.15, -0.1) is 11.8 Å². The second-order valence-electron chi connectivity index (χ2n) is 5.18. The van der Waals surface area contributed by atoms with Gasteiger partial charge in [0.2, 0.25) is 0 Å². The van der Waals surface area contributed by atoms with Gasteiger partial charge >= 0.3 is 0 Å². The molecule has 0 saturated heterocycles. The van der Waals surface area contributed by atoms with E-state index in [0.717, 1.165) is 16.0 Å². The van der Waals surface area contributed by atoms with Crippen molar-refractivity contribution < 1.29 is 10.2 Å². The van der Waals surface area contributed by atoms with Gasteiger partial charge < -0.3 is 10.2 Å². The molecule has 3 heteroatoms. The second kappa shape index (κ2) is 6.44. The monoisotopic (exact) mass is 288 g/mol. The first-order chi connectivity index (χ1) is 9.49. The lowest BCUT2D eigenvalue weighted by molar-refractivity contribution is 0.0839. The molecule has 0 amide bonds. The number of rotatable bonds is 5. The van der Waals surface area contributed by atoms with Crippen molar-refractivity contribution in [3.63, 3.8) is 0 Å². The van der Waals surface area contributed by atoms with Gasteiger partial charge in [0.1, 0.15) is 0 Å². The first-order valence-electron chi connectivity index (χ1n) is 6.68. The zero-order valence-corrected chi connectivity index (χ0v) is 12.6. The summed E-state index contributed by atoms with van der Waals surface area (Å²) in [5.41, 5.74) is 0.945. The van der Waals surface area contributed by atoms with E-state index < -0.39 is 11.7 Å². The maximum Gasteiger partial charge on any atom is 0.0962 e. The molecule has 2 aromatic rings. The third-order valence-corrected chi connectivity index (χ3v) is 4.55. The Balaban J connectivity index is 2.06. The van der Waals surface area contributed by atoms with Crippen LogP contribution in [0.3, 0.4) is 0 Å². The first-order valence-corrected chi connectivity index (χ1v) is 7.66. The fourth-order valence-electron chi connectivity index (χ4n) is 1.97. The predicted octanol–water partition coefficient (Wildman–Crippen LogP) is 3.74. The molecule has 106 valence electrons. The lowest BCUT2D eigenvalue weighted by Gasteiger charge is -2.23. The molecule has 0 fully saturated rings. The van der Waals surface area contributed by atoms with Crippen LogP contribution in [0.4, 0.5) is 0 Å². The van der Waals surface area contributed by atoms with Gasteiger partial charge in [-0.1, -0.05) is 42.5 Å². The Morgan fingerprint density at radius 1 is 1.10 bits per heavy atom. The van der Waals surface area contributed by atoms with Crippen LogP contribution in [0.15, 0.2) is 59.5 Å². The quantitative estimate of drug-likeness (QED) is 0.823. The molecule has 2 atom stereocenters. The second-order valence-corrected chi connectivity index (χ2v) is 6.23. The average Bonchev–Trinajstić information content (AvgIpc) is 2.46. The Morgan fingerprint density at radius 2 is 1.80 bits per heavy atom. The number of benzene rings is 2. The third kappa shape index (κ3) is 3.85. The van der Waals surface area contributed by atoms with Crippen molar-refractivity contribution in [1.29, 1.82) is 0 Å². The number of thioether (sulfide) groups is 1. The van der Waals surface area contributed by atoms with Crippen LogP contribution in [-0.4, -0.2) is 16.0 Å². The van der Waals surface area contributed by atoms with Crippen LogP contribution in [0, 0.1) is 0 Å². The topological polar surface area (TPSA) is 40.5 Å². The summed E-state index contributed by atoms with van der Waals surface area (Å²) in [7, 11) is 0. The van der Waals surface area contributed by atoms with E-state index in [9.17, 15) is 10.2 Å². The number of hydrogen-bond donors (Lipinski definition) is 2. The number of hydrogen-bond acceptors (Lipinski definition) is 3. The van der Waals surface area contributed by atoms with Crippen molar-refractivity contribution in [2.45, 2.75) is 30.4 Å². The minimum absolute atomic E-state index is 0.467. The summed E-state index contributed by atoms with van der Waals surface area (Å²) in [6.07, 6.45) is -0.467. The van der Waals surface area contributed by atoms with E-state index in [2.05, 4.69) is 0 Å².